The average molecular weight is 1310 g/mol. The Hall–Kier alpha value is -4.11. The smallest absolute Gasteiger partial charge is 0.462 e. The van der Waals surface area contributed by atoms with E-state index in [1.54, 1.807) is 0 Å². The van der Waals surface area contributed by atoms with E-state index in [4.69, 9.17) is 24.3 Å². The van der Waals surface area contributed by atoms with Crippen molar-refractivity contribution in [3.8, 4) is 0 Å². The zero-order valence-corrected chi connectivity index (χ0v) is 60.8. The molecule has 532 valence electrons. The molecule has 0 heterocycles. The fraction of sp³-hybridized carbons (Fsp3) is 0.687. The predicted octanol–water partition coefficient (Wildman–Crippen LogP) is 25.8. The van der Waals surface area contributed by atoms with Gasteiger partial charge in [0.1, 0.15) is 6.61 Å². The minimum Gasteiger partial charge on any atom is -0.462 e. The molecule has 2 unspecified atom stereocenters. The Bertz CT molecular complexity index is 2040. The van der Waals surface area contributed by atoms with E-state index in [0.717, 1.165) is 116 Å². The Kier molecular flexibility index (Phi) is 73.5. The highest BCUT2D eigenvalue weighted by Gasteiger charge is 2.26. The van der Waals surface area contributed by atoms with Crippen LogP contribution in [0.2, 0.25) is 0 Å². The number of carbonyl (C=O) groups is 2. The van der Waals surface area contributed by atoms with Crippen molar-refractivity contribution < 1.29 is 37.6 Å². The molecule has 0 fully saturated rings. The molecule has 0 radical (unpaired) electrons. The molecule has 0 aliphatic carbocycles. The Labute approximate surface area is 573 Å². The second-order valence-corrected chi connectivity index (χ2v) is 26.6. The van der Waals surface area contributed by atoms with Crippen molar-refractivity contribution in [2.45, 2.75) is 341 Å². The lowest BCUT2D eigenvalue weighted by Gasteiger charge is -2.19. The van der Waals surface area contributed by atoms with Crippen molar-refractivity contribution in [3.05, 3.63) is 146 Å². The number of esters is 2. The second-order valence-electron chi connectivity index (χ2n) is 25.1. The third-order valence-corrected chi connectivity index (χ3v) is 17.2. The Morgan fingerprint density at radius 3 is 0.828 bits per heavy atom. The van der Waals surface area contributed by atoms with E-state index in [-0.39, 0.29) is 38.6 Å². The van der Waals surface area contributed by atoms with Crippen LogP contribution >= 0.6 is 7.82 Å². The average Bonchev–Trinajstić information content (AvgIpc) is 3.60. The summed E-state index contributed by atoms with van der Waals surface area (Å²) in [4.78, 5) is 35.4. The summed E-state index contributed by atoms with van der Waals surface area (Å²) < 4.78 is 33.3. The highest BCUT2D eigenvalue weighted by Crippen LogP contribution is 2.43. The van der Waals surface area contributed by atoms with Crippen molar-refractivity contribution in [1.82, 2.24) is 0 Å². The molecule has 0 aromatic heterocycles. The lowest BCUT2D eigenvalue weighted by atomic mass is 10.0. The van der Waals surface area contributed by atoms with Crippen molar-refractivity contribution in [2.24, 2.45) is 5.73 Å². The standard InChI is InChI=1S/C83H142NO8P/c1-3-5-7-9-11-13-15-17-19-21-23-25-27-29-31-33-35-37-38-39-40-41-42-44-46-48-50-52-54-56-58-60-62-64-66-68-70-72-74-76-83(86)92-81(80-91-93(87,88)90-78-77-84)79-89-82(85)75-73-71-69-67-65-63-61-59-57-55-53-51-49-47-45-43-36-34-32-30-28-26-24-22-20-18-16-14-12-10-8-6-4-2/h5-8,11-14,17-20,23-26,29,31,35,37,39-40,42,44,81H,3-4,9-10,15-16,21-22,27-28,30,32-34,36,38,41,43,45-80,84H2,1-2H3,(H,87,88)/b7-5-,8-6-,13-11-,14-12-,19-17-,20-18-,25-23-,26-24-,31-29-,37-35-,40-39-,44-42-. The first-order chi connectivity index (χ1) is 45.8. The summed E-state index contributed by atoms with van der Waals surface area (Å²) in [5.41, 5.74) is 5.41. The normalized spacial score (nSPS) is 13.7. The first-order valence-electron chi connectivity index (χ1n) is 38.3. The van der Waals surface area contributed by atoms with Crippen LogP contribution in [-0.4, -0.2) is 49.3 Å². The van der Waals surface area contributed by atoms with Gasteiger partial charge in [-0.1, -0.05) is 352 Å². The number of hydrogen-bond acceptors (Lipinski definition) is 8. The molecule has 0 aromatic carbocycles. The topological polar surface area (TPSA) is 134 Å². The maximum atomic E-state index is 12.8. The number of rotatable bonds is 71. The zero-order valence-electron chi connectivity index (χ0n) is 59.9. The van der Waals surface area contributed by atoms with Gasteiger partial charge < -0.3 is 20.1 Å². The van der Waals surface area contributed by atoms with E-state index in [9.17, 15) is 19.0 Å². The van der Waals surface area contributed by atoms with Gasteiger partial charge in [-0.25, -0.2) is 4.57 Å². The van der Waals surface area contributed by atoms with Gasteiger partial charge in [-0.3, -0.25) is 18.6 Å². The van der Waals surface area contributed by atoms with Crippen molar-refractivity contribution >= 4 is 19.8 Å². The van der Waals surface area contributed by atoms with Gasteiger partial charge in [-0.2, -0.15) is 0 Å². The molecular formula is C83H142NO8P. The van der Waals surface area contributed by atoms with Gasteiger partial charge in [0.25, 0.3) is 0 Å². The van der Waals surface area contributed by atoms with Crippen molar-refractivity contribution in [2.75, 3.05) is 26.4 Å². The summed E-state index contributed by atoms with van der Waals surface area (Å²) in [6, 6.07) is 0. The number of carbonyl (C=O) groups excluding carboxylic acids is 2. The first kappa shape index (κ1) is 88.9. The molecule has 0 bridgehead atoms. The van der Waals surface area contributed by atoms with Gasteiger partial charge in [0, 0.05) is 19.4 Å². The molecule has 93 heavy (non-hydrogen) atoms. The quantitative estimate of drug-likeness (QED) is 0.0264. The van der Waals surface area contributed by atoms with E-state index in [2.05, 4.69) is 160 Å². The Morgan fingerprint density at radius 2 is 0.559 bits per heavy atom. The Morgan fingerprint density at radius 1 is 0.323 bits per heavy atom. The van der Waals surface area contributed by atoms with Crippen LogP contribution in [-0.2, 0) is 32.7 Å². The molecule has 2 atom stereocenters. The van der Waals surface area contributed by atoms with Crippen LogP contribution < -0.4 is 5.73 Å². The molecule has 3 N–H and O–H groups in total. The summed E-state index contributed by atoms with van der Waals surface area (Å²) in [6.07, 6.45) is 111. The number of ether oxygens (including phenoxy) is 2. The molecule has 0 aromatic rings. The van der Waals surface area contributed by atoms with Crippen molar-refractivity contribution in [3.63, 3.8) is 0 Å². The molecule has 0 saturated carbocycles. The number of phosphoric ester groups is 1. The molecular weight excluding hydrogens is 1170 g/mol. The molecule has 0 rings (SSSR count). The number of unbranched alkanes of at least 4 members (excludes halogenated alkanes) is 34. The molecule has 0 saturated heterocycles. The molecule has 0 aliphatic rings. The maximum Gasteiger partial charge on any atom is 0.472 e. The predicted molar refractivity (Wildman–Crippen MR) is 404 cm³/mol. The van der Waals surface area contributed by atoms with Gasteiger partial charge in [-0.05, 0) is 116 Å². The molecule has 9 nitrogen and oxygen atoms in total. The van der Waals surface area contributed by atoms with Gasteiger partial charge in [0.2, 0.25) is 0 Å². The van der Waals surface area contributed by atoms with E-state index in [1.165, 1.54) is 186 Å². The molecule has 0 aliphatic heterocycles. The van der Waals surface area contributed by atoms with Crippen LogP contribution in [0.4, 0.5) is 0 Å². The lowest BCUT2D eigenvalue weighted by Crippen LogP contribution is -2.29. The SMILES string of the molecule is CC/C=C\C/C=C\C/C=C\C/C=C\C/C=C\C/C=C\C/C=C\C/C=C\CCCCCCCCCCCCCCCCC(=O)OC(COC(=O)CCCCCCCCCCCCCCCCCCCCCC/C=C\C/C=C\C/C=C\C/C=C\CC)COP(=O)(O)OCCN. The summed E-state index contributed by atoms with van der Waals surface area (Å²) in [5.74, 6) is -0.821. The summed E-state index contributed by atoms with van der Waals surface area (Å²) in [5, 5.41) is 0. The Balaban J connectivity index is 3.85. The second kappa shape index (κ2) is 76.9. The van der Waals surface area contributed by atoms with Crippen LogP contribution in [0.1, 0.15) is 335 Å². The lowest BCUT2D eigenvalue weighted by molar-refractivity contribution is -0.161. The number of hydrogen-bond donors (Lipinski definition) is 2. The van der Waals surface area contributed by atoms with Gasteiger partial charge in [0.05, 0.1) is 13.2 Å². The fourth-order valence-electron chi connectivity index (χ4n) is 10.6. The minimum absolute atomic E-state index is 0.0497. The monoisotopic (exact) mass is 1310 g/mol. The minimum atomic E-state index is -4.40. The maximum absolute atomic E-state index is 12.8. The third-order valence-electron chi connectivity index (χ3n) is 16.2. The zero-order chi connectivity index (χ0) is 67.2. The van der Waals surface area contributed by atoms with E-state index >= 15 is 0 Å². The van der Waals surface area contributed by atoms with E-state index in [0.29, 0.717) is 6.42 Å². The van der Waals surface area contributed by atoms with E-state index in [1.807, 2.05) is 0 Å². The number of allylic oxidation sites excluding steroid dienone is 24. The largest absolute Gasteiger partial charge is 0.472 e. The first-order valence-corrected chi connectivity index (χ1v) is 39.8. The molecule has 0 spiro atoms. The van der Waals surface area contributed by atoms with Crippen molar-refractivity contribution in [1.29, 1.82) is 0 Å². The van der Waals surface area contributed by atoms with Gasteiger partial charge >= 0.3 is 19.8 Å². The third kappa shape index (κ3) is 76.8. The highest BCUT2D eigenvalue weighted by molar-refractivity contribution is 7.47. The molecule has 10 heteroatoms. The fourth-order valence-corrected chi connectivity index (χ4v) is 11.4. The number of phosphoric acid groups is 1. The van der Waals surface area contributed by atoms with E-state index < -0.39 is 26.5 Å². The van der Waals surface area contributed by atoms with Crippen LogP contribution in [0.15, 0.2) is 146 Å². The van der Waals surface area contributed by atoms with Gasteiger partial charge in [-0.15, -0.1) is 0 Å². The summed E-state index contributed by atoms with van der Waals surface area (Å²) in [6.45, 7) is 3.55. The summed E-state index contributed by atoms with van der Waals surface area (Å²) in [7, 11) is -4.40. The van der Waals surface area contributed by atoms with Crippen LogP contribution in [0, 0.1) is 0 Å². The van der Waals surface area contributed by atoms with Gasteiger partial charge in [0.15, 0.2) is 6.10 Å². The highest BCUT2D eigenvalue weighted by atomic mass is 31.2. The number of nitrogens with two attached hydrogens (primary N) is 1. The van der Waals surface area contributed by atoms with Crippen LogP contribution in [0.5, 0.6) is 0 Å². The van der Waals surface area contributed by atoms with Crippen LogP contribution in [0.25, 0.3) is 0 Å². The molecule has 0 amide bonds. The van der Waals surface area contributed by atoms with Crippen LogP contribution in [0.3, 0.4) is 0 Å². The summed E-state index contributed by atoms with van der Waals surface area (Å²) >= 11 is 0.